The SMILES string of the molecule is NC(=O)c1ccc(Oc2ccc(/C=C3\SC(=O)NC3=O)cc2O)c(C(F)(F)F)c1. The number of carbonyl (C=O) groups excluding carboxylic acids is 3. The van der Waals surface area contributed by atoms with E-state index in [2.05, 4.69) is 5.32 Å². The van der Waals surface area contributed by atoms with Crippen LogP contribution < -0.4 is 15.8 Å². The molecule has 1 aliphatic heterocycles. The lowest BCUT2D eigenvalue weighted by atomic mass is 10.1. The fourth-order valence-corrected chi connectivity index (χ4v) is 3.08. The van der Waals surface area contributed by atoms with Crippen LogP contribution in [0.3, 0.4) is 0 Å². The van der Waals surface area contributed by atoms with Gasteiger partial charge in [0.25, 0.3) is 11.1 Å². The Morgan fingerprint density at radius 1 is 1.14 bits per heavy atom. The van der Waals surface area contributed by atoms with Crippen LogP contribution in [0.1, 0.15) is 21.5 Å². The highest BCUT2D eigenvalue weighted by Gasteiger charge is 2.35. The normalized spacial score (nSPS) is 15.5. The van der Waals surface area contributed by atoms with Gasteiger partial charge in [0.05, 0.1) is 10.5 Å². The number of nitrogens with two attached hydrogens (primary N) is 1. The summed E-state index contributed by atoms with van der Waals surface area (Å²) < 4.78 is 45.0. The van der Waals surface area contributed by atoms with Crippen LogP contribution in [0.4, 0.5) is 18.0 Å². The number of phenols is 1. The molecule has 1 fully saturated rings. The third-order valence-corrected chi connectivity index (χ3v) is 4.52. The lowest BCUT2D eigenvalue weighted by Crippen LogP contribution is -2.17. The minimum atomic E-state index is -4.83. The number of thioether (sulfide) groups is 1. The van der Waals surface area contributed by atoms with Crippen molar-refractivity contribution in [3.63, 3.8) is 0 Å². The van der Waals surface area contributed by atoms with Crippen LogP contribution in [0.5, 0.6) is 17.2 Å². The fraction of sp³-hybridized carbons (Fsp3) is 0.0556. The largest absolute Gasteiger partial charge is 0.504 e. The number of rotatable bonds is 4. The smallest absolute Gasteiger partial charge is 0.420 e. The van der Waals surface area contributed by atoms with Crippen molar-refractivity contribution in [2.45, 2.75) is 6.18 Å². The molecule has 0 unspecified atom stereocenters. The van der Waals surface area contributed by atoms with Gasteiger partial charge < -0.3 is 15.6 Å². The van der Waals surface area contributed by atoms with Crippen molar-refractivity contribution in [1.29, 1.82) is 0 Å². The van der Waals surface area contributed by atoms with E-state index in [4.69, 9.17) is 10.5 Å². The number of phenolic OH excluding ortho intramolecular Hbond substituents is 1. The van der Waals surface area contributed by atoms with E-state index in [9.17, 15) is 32.7 Å². The van der Waals surface area contributed by atoms with E-state index >= 15 is 0 Å². The number of aromatic hydroxyl groups is 1. The van der Waals surface area contributed by atoms with E-state index in [-0.39, 0.29) is 16.2 Å². The monoisotopic (exact) mass is 424 g/mol. The lowest BCUT2D eigenvalue weighted by Gasteiger charge is -2.15. The molecule has 1 saturated heterocycles. The Labute approximate surface area is 165 Å². The summed E-state index contributed by atoms with van der Waals surface area (Å²) in [6.45, 7) is 0. The van der Waals surface area contributed by atoms with E-state index < -0.39 is 40.3 Å². The summed E-state index contributed by atoms with van der Waals surface area (Å²) in [5, 5.41) is 11.6. The minimum Gasteiger partial charge on any atom is -0.504 e. The third kappa shape index (κ3) is 4.51. The maximum Gasteiger partial charge on any atom is 0.420 e. The molecule has 0 aromatic heterocycles. The molecule has 0 atom stereocenters. The molecule has 11 heteroatoms. The number of nitrogens with one attached hydrogen (secondary N) is 1. The number of amides is 3. The second-order valence-electron chi connectivity index (χ2n) is 5.75. The molecule has 0 spiro atoms. The third-order valence-electron chi connectivity index (χ3n) is 3.71. The fourth-order valence-electron chi connectivity index (χ4n) is 2.40. The molecule has 29 heavy (non-hydrogen) atoms. The van der Waals surface area contributed by atoms with E-state index in [1.54, 1.807) is 0 Å². The summed E-state index contributed by atoms with van der Waals surface area (Å²) in [5.74, 6) is -3.05. The van der Waals surface area contributed by atoms with Gasteiger partial charge in [0, 0.05) is 5.56 Å². The molecule has 1 heterocycles. The summed E-state index contributed by atoms with van der Waals surface area (Å²) in [6.07, 6.45) is -3.50. The van der Waals surface area contributed by atoms with Crippen molar-refractivity contribution < 1.29 is 37.4 Å². The maximum atomic E-state index is 13.3. The van der Waals surface area contributed by atoms with Crippen LogP contribution in [0.25, 0.3) is 6.08 Å². The molecule has 0 bridgehead atoms. The molecule has 3 rings (SSSR count). The highest BCUT2D eigenvalue weighted by atomic mass is 32.2. The van der Waals surface area contributed by atoms with Crippen LogP contribution in [-0.4, -0.2) is 22.2 Å². The topological polar surface area (TPSA) is 119 Å². The van der Waals surface area contributed by atoms with Gasteiger partial charge in [0.2, 0.25) is 5.91 Å². The van der Waals surface area contributed by atoms with E-state index in [0.29, 0.717) is 23.4 Å². The molecule has 0 aliphatic carbocycles. The molecule has 0 saturated carbocycles. The first-order valence-corrected chi connectivity index (χ1v) is 8.63. The average molecular weight is 424 g/mol. The van der Waals surface area contributed by atoms with Gasteiger partial charge in [0.15, 0.2) is 11.5 Å². The molecule has 2 aromatic carbocycles. The zero-order valence-electron chi connectivity index (χ0n) is 14.2. The summed E-state index contributed by atoms with van der Waals surface area (Å²) in [4.78, 5) is 33.9. The highest BCUT2D eigenvalue weighted by Crippen LogP contribution is 2.41. The van der Waals surface area contributed by atoms with Gasteiger partial charge >= 0.3 is 6.18 Å². The van der Waals surface area contributed by atoms with E-state index in [1.165, 1.54) is 18.2 Å². The van der Waals surface area contributed by atoms with Crippen LogP contribution in [0.15, 0.2) is 41.3 Å². The summed E-state index contributed by atoms with van der Waals surface area (Å²) in [5.41, 5.74) is 3.74. The van der Waals surface area contributed by atoms with Gasteiger partial charge in [-0.15, -0.1) is 0 Å². The molecular weight excluding hydrogens is 413 g/mol. The second-order valence-corrected chi connectivity index (χ2v) is 6.77. The molecule has 0 radical (unpaired) electrons. The average Bonchev–Trinajstić information content (AvgIpc) is 2.93. The molecule has 4 N–H and O–H groups in total. The van der Waals surface area contributed by atoms with Crippen molar-refractivity contribution in [3.05, 3.63) is 58.0 Å². The number of hydrogen-bond acceptors (Lipinski definition) is 6. The second kappa shape index (κ2) is 7.51. The van der Waals surface area contributed by atoms with Crippen molar-refractivity contribution in [1.82, 2.24) is 5.32 Å². The summed E-state index contributed by atoms with van der Waals surface area (Å²) in [6, 6.07) is 6.27. The van der Waals surface area contributed by atoms with Gasteiger partial charge in [-0.1, -0.05) is 6.07 Å². The van der Waals surface area contributed by atoms with Gasteiger partial charge in [-0.05, 0) is 53.7 Å². The predicted molar refractivity (Wildman–Crippen MR) is 97.2 cm³/mol. The minimum absolute atomic E-state index is 0.101. The Kier molecular flexibility index (Phi) is 5.25. The van der Waals surface area contributed by atoms with Crippen LogP contribution in [0, 0.1) is 0 Å². The van der Waals surface area contributed by atoms with E-state index in [1.807, 2.05) is 0 Å². The summed E-state index contributed by atoms with van der Waals surface area (Å²) in [7, 11) is 0. The van der Waals surface area contributed by atoms with Crippen LogP contribution in [-0.2, 0) is 11.0 Å². The van der Waals surface area contributed by atoms with Crippen LogP contribution >= 0.6 is 11.8 Å². The van der Waals surface area contributed by atoms with Gasteiger partial charge in [0.1, 0.15) is 5.75 Å². The van der Waals surface area contributed by atoms with Gasteiger partial charge in [-0.25, -0.2) is 0 Å². The number of halogens is 3. The molecule has 2 aromatic rings. The Hall–Kier alpha value is -3.47. The number of alkyl halides is 3. The first-order valence-electron chi connectivity index (χ1n) is 7.81. The van der Waals surface area contributed by atoms with Gasteiger partial charge in [-0.3, -0.25) is 19.7 Å². The standard InChI is InChI=1S/C18H11F3N2O5S/c19-18(20,21)10-7-9(15(22)25)2-4-12(10)28-13-3-1-8(5-11(13)24)6-14-16(26)23-17(27)29-14/h1-7,24H,(H2,22,25)(H,23,26,27)/b14-6-. The number of ether oxygens (including phenoxy) is 1. The Bertz CT molecular complexity index is 1070. The van der Waals surface area contributed by atoms with Crippen molar-refractivity contribution in [3.8, 4) is 17.2 Å². The Morgan fingerprint density at radius 2 is 1.83 bits per heavy atom. The number of imide groups is 1. The molecule has 1 aliphatic rings. The Balaban J connectivity index is 1.91. The molecule has 3 amide bonds. The lowest BCUT2D eigenvalue weighted by molar-refractivity contribution is -0.138. The zero-order chi connectivity index (χ0) is 21.3. The molecule has 150 valence electrons. The number of primary amides is 1. The zero-order valence-corrected chi connectivity index (χ0v) is 15.1. The number of benzene rings is 2. The highest BCUT2D eigenvalue weighted by molar-refractivity contribution is 8.18. The maximum absolute atomic E-state index is 13.3. The number of carbonyl (C=O) groups is 3. The van der Waals surface area contributed by atoms with Crippen LogP contribution in [0.2, 0.25) is 0 Å². The van der Waals surface area contributed by atoms with E-state index in [0.717, 1.165) is 18.2 Å². The molecular formula is C18H11F3N2O5S. The van der Waals surface area contributed by atoms with Gasteiger partial charge in [-0.2, -0.15) is 13.2 Å². The summed E-state index contributed by atoms with van der Waals surface area (Å²) >= 11 is 0.675. The van der Waals surface area contributed by atoms with Crippen molar-refractivity contribution >= 4 is 34.9 Å². The first-order chi connectivity index (χ1) is 13.5. The van der Waals surface area contributed by atoms with Crippen molar-refractivity contribution in [2.75, 3.05) is 0 Å². The first kappa shape index (κ1) is 20.3. The quantitative estimate of drug-likeness (QED) is 0.645. The number of hydrogen-bond donors (Lipinski definition) is 3. The molecule has 7 nitrogen and oxygen atoms in total. The van der Waals surface area contributed by atoms with Crippen molar-refractivity contribution in [2.24, 2.45) is 5.73 Å². The predicted octanol–water partition coefficient (Wildman–Crippen LogP) is 3.63. The Morgan fingerprint density at radius 3 is 2.38 bits per heavy atom.